The standard InChI is InChI=1S/C11H14O6S2/c1-7(12)18-6-9(13)11(14)8-4-2-3-5-10(8)19(15,16)17/h2-5,9,11,13-14H,6H2,1H3,(H,15,16,17). The van der Waals surface area contributed by atoms with Crippen molar-refractivity contribution in [1.29, 1.82) is 0 Å². The van der Waals surface area contributed by atoms with E-state index >= 15 is 0 Å². The summed E-state index contributed by atoms with van der Waals surface area (Å²) in [4.78, 5) is 10.3. The van der Waals surface area contributed by atoms with Crippen molar-refractivity contribution in [3.63, 3.8) is 0 Å². The van der Waals surface area contributed by atoms with Crippen LogP contribution in [-0.2, 0) is 14.9 Å². The van der Waals surface area contributed by atoms with Crippen molar-refractivity contribution in [1.82, 2.24) is 0 Å². The van der Waals surface area contributed by atoms with Crippen molar-refractivity contribution >= 4 is 27.0 Å². The van der Waals surface area contributed by atoms with Gasteiger partial charge in [-0.2, -0.15) is 8.42 Å². The number of carbonyl (C=O) groups excluding carboxylic acids is 1. The highest BCUT2D eigenvalue weighted by Gasteiger charge is 2.25. The van der Waals surface area contributed by atoms with Crippen LogP contribution in [0.25, 0.3) is 0 Å². The molecule has 0 aliphatic rings. The Morgan fingerprint density at radius 1 is 1.32 bits per heavy atom. The SMILES string of the molecule is CC(=O)SCC(O)C(O)c1ccccc1S(=O)(=O)O. The third-order valence-corrected chi connectivity index (χ3v) is 4.18. The van der Waals surface area contributed by atoms with Crippen LogP contribution in [0.4, 0.5) is 0 Å². The number of benzene rings is 1. The average Bonchev–Trinajstić information content (AvgIpc) is 2.34. The highest BCUT2D eigenvalue weighted by atomic mass is 32.2. The van der Waals surface area contributed by atoms with Crippen LogP contribution in [-0.4, -0.2) is 40.2 Å². The number of hydrogen-bond donors (Lipinski definition) is 3. The minimum atomic E-state index is -4.49. The molecular weight excluding hydrogens is 292 g/mol. The molecule has 1 aromatic carbocycles. The van der Waals surface area contributed by atoms with Crippen molar-refractivity contribution in [2.75, 3.05) is 5.75 Å². The highest BCUT2D eigenvalue weighted by Crippen LogP contribution is 2.26. The highest BCUT2D eigenvalue weighted by molar-refractivity contribution is 8.13. The molecule has 0 amide bonds. The fourth-order valence-electron chi connectivity index (χ4n) is 1.46. The third-order valence-electron chi connectivity index (χ3n) is 2.34. The first-order valence-corrected chi connectivity index (χ1v) is 7.72. The first-order chi connectivity index (χ1) is 8.73. The van der Waals surface area contributed by atoms with Crippen LogP contribution in [0, 0.1) is 0 Å². The van der Waals surface area contributed by atoms with Gasteiger partial charge in [0.25, 0.3) is 10.1 Å². The van der Waals surface area contributed by atoms with Gasteiger partial charge in [-0.15, -0.1) is 0 Å². The smallest absolute Gasteiger partial charge is 0.294 e. The van der Waals surface area contributed by atoms with Crippen molar-refractivity contribution in [2.45, 2.75) is 24.0 Å². The fraction of sp³-hybridized carbons (Fsp3) is 0.364. The summed E-state index contributed by atoms with van der Waals surface area (Å²) in [7, 11) is -4.49. The predicted molar refractivity (Wildman–Crippen MR) is 70.4 cm³/mol. The van der Waals surface area contributed by atoms with Gasteiger partial charge >= 0.3 is 0 Å². The lowest BCUT2D eigenvalue weighted by Gasteiger charge is -2.19. The Morgan fingerprint density at radius 2 is 1.89 bits per heavy atom. The molecule has 6 nitrogen and oxygen atoms in total. The molecule has 0 saturated carbocycles. The zero-order valence-electron chi connectivity index (χ0n) is 10.1. The molecule has 1 rings (SSSR count). The summed E-state index contributed by atoms with van der Waals surface area (Å²) in [6.07, 6.45) is -2.83. The number of aliphatic hydroxyl groups is 2. The van der Waals surface area contributed by atoms with Crippen molar-refractivity contribution in [3.8, 4) is 0 Å². The molecule has 3 N–H and O–H groups in total. The van der Waals surface area contributed by atoms with E-state index in [1.807, 2.05) is 0 Å². The van der Waals surface area contributed by atoms with E-state index in [9.17, 15) is 23.4 Å². The Balaban J connectivity index is 3.00. The van der Waals surface area contributed by atoms with Gasteiger partial charge in [0.2, 0.25) is 0 Å². The molecule has 0 bridgehead atoms. The van der Waals surface area contributed by atoms with E-state index in [0.29, 0.717) is 0 Å². The zero-order valence-corrected chi connectivity index (χ0v) is 11.7. The first-order valence-electron chi connectivity index (χ1n) is 5.29. The zero-order chi connectivity index (χ0) is 14.6. The van der Waals surface area contributed by atoms with Crippen molar-refractivity contribution < 1.29 is 28.0 Å². The maximum atomic E-state index is 11.2. The summed E-state index contributed by atoms with van der Waals surface area (Å²) < 4.78 is 31.3. The van der Waals surface area contributed by atoms with Crippen LogP contribution in [0.15, 0.2) is 29.2 Å². The van der Waals surface area contributed by atoms with Gasteiger partial charge in [0.15, 0.2) is 5.12 Å². The van der Waals surface area contributed by atoms with Crippen molar-refractivity contribution in [2.24, 2.45) is 0 Å². The molecular formula is C11H14O6S2. The third kappa shape index (κ3) is 4.59. The first kappa shape index (κ1) is 16.1. The maximum Gasteiger partial charge on any atom is 0.294 e. The van der Waals surface area contributed by atoms with Gasteiger partial charge < -0.3 is 10.2 Å². The van der Waals surface area contributed by atoms with Crippen molar-refractivity contribution in [3.05, 3.63) is 29.8 Å². The van der Waals surface area contributed by atoms with Gasteiger partial charge in [-0.1, -0.05) is 30.0 Å². The molecule has 19 heavy (non-hydrogen) atoms. The van der Waals surface area contributed by atoms with Gasteiger partial charge in [-0.3, -0.25) is 9.35 Å². The van der Waals surface area contributed by atoms with Gasteiger partial charge in [-0.05, 0) is 6.07 Å². The summed E-state index contributed by atoms with van der Waals surface area (Å²) in [5.41, 5.74) is -0.110. The minimum Gasteiger partial charge on any atom is -0.389 e. The molecule has 0 aliphatic carbocycles. The van der Waals surface area contributed by atoms with E-state index in [0.717, 1.165) is 17.8 Å². The predicted octanol–water partition coefficient (Wildman–Crippen LogP) is 0.607. The Kier molecular flexibility index (Phi) is 5.50. The lowest BCUT2D eigenvalue weighted by atomic mass is 10.1. The van der Waals surface area contributed by atoms with Gasteiger partial charge in [-0.25, -0.2) is 0 Å². The number of carbonyl (C=O) groups is 1. The summed E-state index contributed by atoms with van der Waals surface area (Å²) in [6, 6.07) is 5.27. The molecule has 0 aromatic heterocycles. The summed E-state index contributed by atoms with van der Waals surface area (Å²) in [6.45, 7) is 1.32. The lowest BCUT2D eigenvalue weighted by Crippen LogP contribution is -2.23. The molecule has 0 saturated heterocycles. The quantitative estimate of drug-likeness (QED) is 0.683. The number of hydrogen-bond acceptors (Lipinski definition) is 6. The molecule has 2 unspecified atom stereocenters. The van der Waals surface area contributed by atoms with E-state index in [1.165, 1.54) is 25.1 Å². The van der Waals surface area contributed by atoms with E-state index in [-0.39, 0.29) is 16.4 Å². The van der Waals surface area contributed by atoms with Gasteiger partial charge in [0, 0.05) is 18.2 Å². The van der Waals surface area contributed by atoms with Crippen LogP contribution in [0.5, 0.6) is 0 Å². The summed E-state index contributed by atoms with van der Waals surface area (Å²) >= 11 is 0.815. The van der Waals surface area contributed by atoms with Crippen LogP contribution in [0.3, 0.4) is 0 Å². The molecule has 0 radical (unpaired) electrons. The molecule has 0 heterocycles. The Morgan fingerprint density at radius 3 is 2.42 bits per heavy atom. The van der Waals surface area contributed by atoms with Gasteiger partial charge in [0.1, 0.15) is 6.10 Å². The molecule has 0 spiro atoms. The maximum absolute atomic E-state index is 11.2. The minimum absolute atomic E-state index is 0.0731. The topological polar surface area (TPSA) is 112 Å². The Bertz CT molecular complexity index is 554. The normalized spacial score (nSPS) is 14.9. The molecule has 8 heteroatoms. The fourth-order valence-corrected chi connectivity index (χ4v) is 2.79. The molecule has 1 aromatic rings. The summed E-state index contributed by atoms with van der Waals surface area (Å²) in [5, 5.41) is 19.4. The van der Waals surface area contributed by atoms with Crippen LogP contribution in [0.2, 0.25) is 0 Å². The molecule has 2 atom stereocenters. The molecule has 0 fully saturated rings. The lowest BCUT2D eigenvalue weighted by molar-refractivity contribution is -0.109. The van der Waals surface area contributed by atoms with E-state index in [4.69, 9.17) is 4.55 Å². The van der Waals surface area contributed by atoms with E-state index in [2.05, 4.69) is 0 Å². The monoisotopic (exact) mass is 306 g/mol. The molecule has 106 valence electrons. The van der Waals surface area contributed by atoms with E-state index < -0.39 is 27.2 Å². The van der Waals surface area contributed by atoms with E-state index in [1.54, 1.807) is 0 Å². The molecule has 0 aliphatic heterocycles. The summed E-state index contributed by atoms with van der Waals surface area (Å²) in [5.74, 6) is -0.0731. The van der Waals surface area contributed by atoms with Crippen LogP contribution >= 0.6 is 11.8 Å². The Labute approximate surface area is 115 Å². The Hall–Kier alpha value is -0.930. The second kappa shape index (κ2) is 6.49. The number of thioether (sulfide) groups is 1. The average molecular weight is 306 g/mol. The van der Waals surface area contributed by atoms with Crippen LogP contribution in [0.1, 0.15) is 18.6 Å². The number of aliphatic hydroxyl groups excluding tert-OH is 2. The van der Waals surface area contributed by atoms with Gasteiger partial charge in [0.05, 0.1) is 11.0 Å². The second-order valence-electron chi connectivity index (χ2n) is 3.83. The van der Waals surface area contributed by atoms with Crippen LogP contribution < -0.4 is 0 Å². The largest absolute Gasteiger partial charge is 0.389 e. The number of rotatable bonds is 5. The second-order valence-corrected chi connectivity index (χ2v) is 6.41.